The number of nitrogen functional groups attached to an aromatic ring is 1. The highest BCUT2D eigenvalue weighted by molar-refractivity contribution is 5.77. The van der Waals surface area contributed by atoms with E-state index in [0.29, 0.717) is 5.69 Å². The number of amides is 1. The molecular weight excluding hydrogens is 264 g/mol. The number of nitrogens with two attached hydrogens (primary N) is 2. The highest BCUT2D eigenvalue weighted by Crippen LogP contribution is 2.27. The normalized spacial score (nSPS) is 11.9. The Morgan fingerprint density at radius 2 is 1.90 bits per heavy atom. The third kappa shape index (κ3) is 3.81. The van der Waals surface area contributed by atoms with Crippen molar-refractivity contribution in [3.05, 3.63) is 65.2 Å². The number of carbonyl (C=O) groups excluding carboxylic acids is 1. The van der Waals surface area contributed by atoms with E-state index in [-0.39, 0.29) is 18.5 Å². The lowest BCUT2D eigenvalue weighted by Gasteiger charge is -2.21. The monoisotopic (exact) mass is 284 g/mol. The molecule has 0 heterocycles. The molecule has 0 saturated carbocycles. The van der Waals surface area contributed by atoms with Gasteiger partial charge in [-0.1, -0.05) is 48.0 Å². The molecule has 0 aromatic heterocycles. The first-order valence-corrected chi connectivity index (χ1v) is 6.75. The van der Waals surface area contributed by atoms with Gasteiger partial charge in [-0.15, -0.1) is 0 Å². The van der Waals surface area contributed by atoms with Gasteiger partial charge in [-0.25, -0.2) is 5.84 Å². The van der Waals surface area contributed by atoms with Crippen molar-refractivity contribution in [2.24, 2.45) is 5.84 Å². The van der Waals surface area contributed by atoms with E-state index < -0.39 is 0 Å². The zero-order chi connectivity index (χ0) is 15.2. The highest BCUT2D eigenvalue weighted by Gasteiger charge is 2.17. The molecule has 1 unspecified atom stereocenters. The molecule has 0 aliphatic carbocycles. The van der Waals surface area contributed by atoms with Gasteiger partial charge in [-0.3, -0.25) is 15.5 Å². The van der Waals surface area contributed by atoms with Gasteiger partial charge >= 0.3 is 0 Å². The molecule has 0 bridgehead atoms. The number of carbonyl (C=O) groups is 1. The molecule has 1 atom stereocenters. The second kappa shape index (κ2) is 6.88. The summed E-state index contributed by atoms with van der Waals surface area (Å²) in [5.41, 5.74) is 12.0. The number of nitrogens with one attached hydrogen (secondary N) is 2. The Hall–Kier alpha value is -2.37. The quantitative estimate of drug-likeness (QED) is 0.288. The van der Waals surface area contributed by atoms with Crippen molar-refractivity contribution in [2.75, 3.05) is 12.3 Å². The third-order valence-electron chi connectivity index (χ3n) is 3.31. The first-order valence-electron chi connectivity index (χ1n) is 6.75. The van der Waals surface area contributed by atoms with Gasteiger partial charge in [0.15, 0.2) is 0 Å². The minimum atomic E-state index is -0.276. The molecule has 2 aromatic carbocycles. The van der Waals surface area contributed by atoms with Crippen LogP contribution in [0.1, 0.15) is 22.7 Å². The second-order valence-electron chi connectivity index (χ2n) is 4.92. The van der Waals surface area contributed by atoms with Crippen molar-refractivity contribution >= 4 is 11.6 Å². The molecule has 0 aliphatic rings. The number of benzene rings is 2. The summed E-state index contributed by atoms with van der Waals surface area (Å²) < 4.78 is 0. The third-order valence-corrected chi connectivity index (χ3v) is 3.31. The topological polar surface area (TPSA) is 93.2 Å². The van der Waals surface area contributed by atoms with Crippen LogP contribution in [0.5, 0.6) is 0 Å². The fourth-order valence-corrected chi connectivity index (χ4v) is 2.24. The van der Waals surface area contributed by atoms with Crippen molar-refractivity contribution in [3.8, 4) is 0 Å². The molecule has 6 N–H and O–H groups in total. The minimum absolute atomic E-state index is 0.115. The standard InChI is InChI=1S/C16H20N4O/c1-11-7-8-14(17)13(9-11)16(19-10-15(21)20-18)12-5-3-2-4-6-12/h2-9,16,19H,10,17-18H2,1H3,(H,20,21). The van der Waals surface area contributed by atoms with E-state index in [9.17, 15) is 4.79 Å². The Kier molecular flexibility index (Phi) is 4.92. The number of anilines is 1. The number of hydrazine groups is 1. The number of aryl methyl sites for hydroxylation is 1. The Labute approximate surface area is 124 Å². The van der Waals surface area contributed by atoms with E-state index in [1.54, 1.807) is 0 Å². The fourth-order valence-electron chi connectivity index (χ4n) is 2.24. The summed E-state index contributed by atoms with van der Waals surface area (Å²) >= 11 is 0. The maximum absolute atomic E-state index is 11.4. The molecule has 1 amide bonds. The molecule has 0 aliphatic heterocycles. The number of rotatable bonds is 5. The maximum Gasteiger partial charge on any atom is 0.247 e. The second-order valence-corrected chi connectivity index (χ2v) is 4.92. The van der Waals surface area contributed by atoms with Gasteiger partial charge in [0.1, 0.15) is 0 Å². The van der Waals surface area contributed by atoms with E-state index in [2.05, 4.69) is 10.7 Å². The summed E-state index contributed by atoms with van der Waals surface area (Å²) in [5, 5.41) is 3.20. The molecule has 2 aromatic rings. The summed E-state index contributed by atoms with van der Waals surface area (Å²) in [6.07, 6.45) is 0. The first-order chi connectivity index (χ1) is 10.1. The molecule has 0 radical (unpaired) electrons. The van der Waals surface area contributed by atoms with Crippen molar-refractivity contribution in [3.63, 3.8) is 0 Å². The summed E-state index contributed by atoms with van der Waals surface area (Å²) in [4.78, 5) is 11.4. The van der Waals surface area contributed by atoms with E-state index in [1.165, 1.54) is 0 Å². The molecule has 0 fully saturated rings. The van der Waals surface area contributed by atoms with Crippen LogP contribution in [0.3, 0.4) is 0 Å². The zero-order valence-corrected chi connectivity index (χ0v) is 12.0. The van der Waals surface area contributed by atoms with Gasteiger partial charge in [-0.05, 0) is 24.1 Å². The van der Waals surface area contributed by atoms with Gasteiger partial charge in [0.2, 0.25) is 5.91 Å². The van der Waals surface area contributed by atoms with Crippen LogP contribution >= 0.6 is 0 Å². The molecule has 0 saturated heterocycles. The lowest BCUT2D eigenvalue weighted by atomic mass is 9.96. The van der Waals surface area contributed by atoms with Crippen molar-refractivity contribution < 1.29 is 4.79 Å². The largest absolute Gasteiger partial charge is 0.398 e. The van der Waals surface area contributed by atoms with Gasteiger partial charge in [0, 0.05) is 5.69 Å². The number of hydrogen-bond acceptors (Lipinski definition) is 4. The van der Waals surface area contributed by atoms with Crippen LogP contribution in [0.4, 0.5) is 5.69 Å². The van der Waals surface area contributed by atoms with Gasteiger partial charge < -0.3 is 5.73 Å². The van der Waals surface area contributed by atoms with Crippen LogP contribution in [0.15, 0.2) is 48.5 Å². The van der Waals surface area contributed by atoms with Crippen molar-refractivity contribution in [1.29, 1.82) is 0 Å². The zero-order valence-electron chi connectivity index (χ0n) is 12.0. The van der Waals surface area contributed by atoms with Crippen LogP contribution in [-0.4, -0.2) is 12.5 Å². The highest BCUT2D eigenvalue weighted by atomic mass is 16.2. The predicted molar refractivity (Wildman–Crippen MR) is 84.2 cm³/mol. The molecule has 21 heavy (non-hydrogen) atoms. The van der Waals surface area contributed by atoms with Gasteiger partial charge in [0.05, 0.1) is 12.6 Å². The fraction of sp³-hybridized carbons (Fsp3) is 0.188. The van der Waals surface area contributed by atoms with E-state index in [0.717, 1.165) is 16.7 Å². The SMILES string of the molecule is Cc1ccc(N)c(C(NCC(=O)NN)c2ccccc2)c1. The Bertz CT molecular complexity index is 613. The first kappa shape index (κ1) is 15.0. The number of hydrogen-bond donors (Lipinski definition) is 4. The van der Waals surface area contributed by atoms with E-state index in [1.807, 2.05) is 55.5 Å². The molecule has 0 spiro atoms. The summed E-state index contributed by atoms with van der Waals surface area (Å²) in [5.74, 6) is 4.85. The molecular formula is C16H20N4O. The van der Waals surface area contributed by atoms with Crippen LogP contribution in [0, 0.1) is 6.92 Å². The maximum atomic E-state index is 11.4. The summed E-state index contributed by atoms with van der Waals surface area (Å²) in [6, 6.07) is 15.6. The minimum Gasteiger partial charge on any atom is -0.398 e. The Morgan fingerprint density at radius 3 is 2.57 bits per heavy atom. The van der Waals surface area contributed by atoms with Crippen LogP contribution in [0.25, 0.3) is 0 Å². The van der Waals surface area contributed by atoms with Crippen LogP contribution < -0.4 is 22.3 Å². The molecule has 110 valence electrons. The molecule has 2 rings (SSSR count). The van der Waals surface area contributed by atoms with E-state index in [4.69, 9.17) is 11.6 Å². The predicted octanol–water partition coefficient (Wildman–Crippen LogP) is 1.25. The van der Waals surface area contributed by atoms with Crippen molar-refractivity contribution in [1.82, 2.24) is 10.7 Å². The Balaban J connectivity index is 2.35. The summed E-state index contributed by atoms with van der Waals surface area (Å²) in [7, 11) is 0. The van der Waals surface area contributed by atoms with Gasteiger partial charge in [0.25, 0.3) is 0 Å². The van der Waals surface area contributed by atoms with E-state index >= 15 is 0 Å². The average molecular weight is 284 g/mol. The summed E-state index contributed by atoms with van der Waals surface area (Å²) in [6.45, 7) is 2.13. The molecule has 5 heteroatoms. The molecule has 5 nitrogen and oxygen atoms in total. The average Bonchev–Trinajstić information content (AvgIpc) is 2.51. The van der Waals surface area contributed by atoms with Crippen LogP contribution in [0.2, 0.25) is 0 Å². The lowest BCUT2D eigenvalue weighted by Crippen LogP contribution is -2.39. The van der Waals surface area contributed by atoms with Crippen molar-refractivity contribution in [2.45, 2.75) is 13.0 Å². The van der Waals surface area contributed by atoms with Crippen LogP contribution in [-0.2, 0) is 4.79 Å². The Morgan fingerprint density at radius 1 is 1.19 bits per heavy atom. The van der Waals surface area contributed by atoms with Gasteiger partial charge in [-0.2, -0.15) is 0 Å². The lowest BCUT2D eigenvalue weighted by molar-refractivity contribution is -0.120. The smallest absolute Gasteiger partial charge is 0.247 e.